The zero-order chi connectivity index (χ0) is 26.5. The van der Waals surface area contributed by atoms with Gasteiger partial charge in [-0.15, -0.1) is 0 Å². The van der Waals surface area contributed by atoms with Gasteiger partial charge in [0, 0.05) is 67.2 Å². The summed E-state index contributed by atoms with van der Waals surface area (Å²) in [5, 5.41) is 10.2. The number of nitrogens with zero attached hydrogens (tertiary/aromatic N) is 5. The van der Waals surface area contributed by atoms with Gasteiger partial charge in [-0.3, -0.25) is 4.98 Å². The number of urea groups is 1. The summed E-state index contributed by atoms with van der Waals surface area (Å²) in [6.07, 6.45) is 5.35. The number of aromatic nitrogens is 4. The van der Waals surface area contributed by atoms with E-state index < -0.39 is 0 Å². The summed E-state index contributed by atoms with van der Waals surface area (Å²) in [5.74, 6) is 1.57. The van der Waals surface area contributed by atoms with Gasteiger partial charge in [-0.25, -0.2) is 14.8 Å². The molecule has 1 aliphatic rings. The second-order valence-electron chi connectivity index (χ2n) is 10.3. The summed E-state index contributed by atoms with van der Waals surface area (Å²) in [4.78, 5) is 28.6. The van der Waals surface area contributed by atoms with Crippen LogP contribution in [-0.4, -0.2) is 63.9 Å². The van der Waals surface area contributed by atoms with Gasteiger partial charge in [0.05, 0.1) is 18.6 Å². The van der Waals surface area contributed by atoms with Gasteiger partial charge in [-0.2, -0.15) is 0 Å². The number of benzene rings is 1. The Morgan fingerprint density at radius 3 is 2.32 bits per heavy atom. The fourth-order valence-corrected chi connectivity index (χ4v) is 4.36. The molecule has 0 atom stereocenters. The first-order chi connectivity index (χ1) is 18.4. The Kier molecular flexibility index (Phi) is 7.52. The topological polar surface area (TPSA) is 109 Å². The Bertz CT molecular complexity index is 1370. The molecule has 10 heteroatoms. The molecule has 1 aromatic carbocycles. The summed E-state index contributed by atoms with van der Waals surface area (Å²) in [6.45, 7) is 11.1. The second-order valence-corrected chi connectivity index (χ2v) is 10.3. The van der Waals surface area contributed by atoms with Crippen molar-refractivity contribution in [3.63, 3.8) is 0 Å². The van der Waals surface area contributed by atoms with Gasteiger partial charge in [0.1, 0.15) is 11.5 Å². The van der Waals surface area contributed by atoms with Crippen LogP contribution in [0, 0.1) is 0 Å². The zero-order valence-electron chi connectivity index (χ0n) is 22.1. The minimum absolute atomic E-state index is 0.0487. The van der Waals surface area contributed by atoms with Crippen LogP contribution in [0.4, 0.5) is 22.0 Å². The molecule has 5 rings (SSSR count). The van der Waals surface area contributed by atoms with Crippen LogP contribution in [0.2, 0.25) is 0 Å². The first kappa shape index (κ1) is 25.6. The quantitative estimate of drug-likeness (QED) is 0.336. The summed E-state index contributed by atoms with van der Waals surface area (Å²) in [6, 6.07) is 12.8. The van der Waals surface area contributed by atoms with Crippen molar-refractivity contribution in [2.45, 2.75) is 32.9 Å². The van der Waals surface area contributed by atoms with Gasteiger partial charge in [0.25, 0.3) is 0 Å². The molecule has 3 N–H and O–H groups in total. The predicted octanol–water partition coefficient (Wildman–Crippen LogP) is 4.36. The van der Waals surface area contributed by atoms with Gasteiger partial charge >= 0.3 is 6.03 Å². The molecule has 2 amide bonds. The molecule has 1 saturated heterocycles. The highest BCUT2D eigenvalue weighted by Gasteiger charge is 2.20. The Labute approximate surface area is 222 Å². The molecule has 0 bridgehead atoms. The average Bonchev–Trinajstić information content (AvgIpc) is 3.32. The minimum Gasteiger partial charge on any atom is -0.378 e. The number of hydrogen-bond acceptors (Lipinski definition) is 7. The molecule has 0 aliphatic carbocycles. The van der Waals surface area contributed by atoms with E-state index in [-0.39, 0.29) is 11.6 Å². The fourth-order valence-electron chi connectivity index (χ4n) is 4.36. The molecule has 0 spiro atoms. The van der Waals surface area contributed by atoms with E-state index in [0.29, 0.717) is 30.4 Å². The molecule has 4 aromatic rings. The number of pyridine rings is 1. The lowest BCUT2D eigenvalue weighted by molar-refractivity contribution is 0.122. The monoisotopic (exact) mass is 514 g/mol. The number of carbonyl (C=O) groups is 1. The molecule has 4 heterocycles. The van der Waals surface area contributed by atoms with Crippen molar-refractivity contribution in [1.82, 2.24) is 24.8 Å². The number of morpholine rings is 1. The van der Waals surface area contributed by atoms with E-state index in [2.05, 4.69) is 63.4 Å². The van der Waals surface area contributed by atoms with Crippen molar-refractivity contribution in [1.29, 1.82) is 0 Å². The van der Waals surface area contributed by atoms with Crippen LogP contribution in [0.15, 0.2) is 61.1 Å². The van der Waals surface area contributed by atoms with Crippen LogP contribution in [0.25, 0.3) is 22.4 Å². The highest BCUT2D eigenvalue weighted by Crippen LogP contribution is 2.29. The third-order valence-corrected chi connectivity index (χ3v) is 6.26. The Morgan fingerprint density at radius 2 is 1.63 bits per heavy atom. The lowest BCUT2D eigenvalue weighted by Crippen LogP contribution is -2.38. The number of ether oxygens (including phenoxy) is 1. The molecule has 10 nitrogen and oxygen atoms in total. The SMILES string of the molecule is CC(C)(C)NCCn1ccc2c(N3CCOCC3)nc(-c3ccc(NC(=O)Nc4ccncc4)cc3)nc21. The van der Waals surface area contributed by atoms with Crippen LogP contribution in [0.3, 0.4) is 0 Å². The number of nitrogens with one attached hydrogen (secondary N) is 3. The van der Waals surface area contributed by atoms with Crippen molar-refractivity contribution in [2.24, 2.45) is 0 Å². The van der Waals surface area contributed by atoms with E-state index in [9.17, 15) is 4.79 Å². The number of anilines is 3. The molecular formula is C28H34N8O2. The number of fused-ring (bicyclic) bond motifs is 1. The van der Waals surface area contributed by atoms with Crippen molar-refractivity contribution < 1.29 is 9.53 Å². The number of carbonyl (C=O) groups excluding carboxylic acids is 1. The molecule has 0 unspecified atom stereocenters. The molecule has 198 valence electrons. The summed E-state index contributed by atoms with van der Waals surface area (Å²) in [7, 11) is 0. The van der Waals surface area contributed by atoms with Crippen LogP contribution >= 0.6 is 0 Å². The first-order valence-corrected chi connectivity index (χ1v) is 12.9. The smallest absolute Gasteiger partial charge is 0.323 e. The van der Waals surface area contributed by atoms with Gasteiger partial charge in [0.2, 0.25) is 0 Å². The van der Waals surface area contributed by atoms with Crippen molar-refractivity contribution in [3.05, 3.63) is 61.1 Å². The largest absolute Gasteiger partial charge is 0.378 e. The van der Waals surface area contributed by atoms with Crippen LogP contribution in [-0.2, 0) is 11.3 Å². The van der Waals surface area contributed by atoms with Crippen molar-refractivity contribution >= 4 is 34.3 Å². The zero-order valence-corrected chi connectivity index (χ0v) is 22.1. The molecule has 38 heavy (non-hydrogen) atoms. The van der Waals surface area contributed by atoms with E-state index in [1.54, 1.807) is 24.5 Å². The van der Waals surface area contributed by atoms with E-state index in [4.69, 9.17) is 14.7 Å². The Balaban J connectivity index is 1.40. The number of amides is 2. The number of rotatable bonds is 7. The molecule has 0 radical (unpaired) electrons. The maximum Gasteiger partial charge on any atom is 0.323 e. The van der Waals surface area contributed by atoms with Crippen molar-refractivity contribution in [2.75, 3.05) is 48.4 Å². The average molecular weight is 515 g/mol. The van der Waals surface area contributed by atoms with Crippen molar-refractivity contribution in [3.8, 4) is 11.4 Å². The third-order valence-electron chi connectivity index (χ3n) is 6.26. The van der Waals surface area contributed by atoms with E-state index in [0.717, 1.165) is 48.6 Å². The fraction of sp³-hybridized carbons (Fsp3) is 0.357. The minimum atomic E-state index is -0.321. The van der Waals surface area contributed by atoms with Gasteiger partial charge in [-0.1, -0.05) is 0 Å². The van der Waals surface area contributed by atoms with Crippen LogP contribution in [0.1, 0.15) is 20.8 Å². The molecule has 1 fully saturated rings. The number of hydrogen-bond donors (Lipinski definition) is 3. The normalized spacial score (nSPS) is 14.0. The molecular weight excluding hydrogens is 480 g/mol. The lowest BCUT2D eigenvalue weighted by Gasteiger charge is -2.28. The molecule has 1 aliphatic heterocycles. The second kappa shape index (κ2) is 11.2. The van der Waals surface area contributed by atoms with Gasteiger partial charge in [-0.05, 0) is 63.2 Å². The van der Waals surface area contributed by atoms with Crippen LogP contribution in [0.5, 0.6) is 0 Å². The molecule has 3 aromatic heterocycles. The highest BCUT2D eigenvalue weighted by atomic mass is 16.5. The highest BCUT2D eigenvalue weighted by molar-refractivity contribution is 5.99. The standard InChI is InChI=1S/C28H34N8O2/c1-28(2,3)30-13-15-35-14-10-23-25(35)33-24(34-26(23)36-16-18-38-19-17-36)20-4-6-21(7-5-20)31-27(37)32-22-8-11-29-12-9-22/h4-12,14,30H,13,15-19H2,1-3H3,(H2,29,31,32,37). The summed E-state index contributed by atoms with van der Waals surface area (Å²) >= 11 is 0. The Hall–Kier alpha value is -4.02. The summed E-state index contributed by atoms with van der Waals surface area (Å²) < 4.78 is 7.76. The molecule has 0 saturated carbocycles. The van der Waals surface area contributed by atoms with E-state index >= 15 is 0 Å². The summed E-state index contributed by atoms with van der Waals surface area (Å²) in [5.41, 5.74) is 3.18. The van der Waals surface area contributed by atoms with Gasteiger partial charge < -0.3 is 30.2 Å². The lowest BCUT2D eigenvalue weighted by atomic mass is 10.1. The van der Waals surface area contributed by atoms with E-state index in [1.807, 2.05) is 24.3 Å². The first-order valence-electron chi connectivity index (χ1n) is 12.9. The van der Waals surface area contributed by atoms with E-state index in [1.165, 1.54) is 0 Å². The predicted molar refractivity (Wildman–Crippen MR) is 151 cm³/mol. The van der Waals surface area contributed by atoms with Gasteiger partial charge in [0.15, 0.2) is 5.82 Å². The third kappa shape index (κ3) is 6.27. The Morgan fingerprint density at radius 1 is 0.947 bits per heavy atom. The maximum absolute atomic E-state index is 12.4. The van der Waals surface area contributed by atoms with Crippen LogP contribution < -0.4 is 20.9 Å². The maximum atomic E-state index is 12.4.